The smallest absolute Gasteiger partial charge is 0.0190 e. The fourth-order valence-corrected chi connectivity index (χ4v) is 5.92. The molecule has 0 aromatic carbocycles. The maximum atomic E-state index is 7.00. The summed E-state index contributed by atoms with van der Waals surface area (Å²) in [6.45, 7) is 7.22. The van der Waals surface area contributed by atoms with Gasteiger partial charge in [-0.3, -0.25) is 0 Å². The fraction of sp³-hybridized carbons (Fsp3) is 1.00. The van der Waals surface area contributed by atoms with Crippen molar-refractivity contribution >= 4 is 0 Å². The molecule has 0 heterocycles. The maximum absolute atomic E-state index is 7.00. The van der Waals surface area contributed by atoms with Gasteiger partial charge in [0, 0.05) is 5.54 Å². The molecule has 19 heavy (non-hydrogen) atoms. The molecule has 0 saturated heterocycles. The summed E-state index contributed by atoms with van der Waals surface area (Å²) in [5, 5.41) is 0. The highest BCUT2D eigenvalue weighted by Crippen LogP contribution is 2.54. The van der Waals surface area contributed by atoms with Crippen molar-refractivity contribution in [3.8, 4) is 0 Å². The highest BCUT2D eigenvalue weighted by Gasteiger charge is 2.48. The molecule has 0 radical (unpaired) electrons. The van der Waals surface area contributed by atoms with Gasteiger partial charge in [-0.25, -0.2) is 0 Å². The molecule has 1 nitrogen and oxygen atoms in total. The van der Waals surface area contributed by atoms with Crippen LogP contribution in [0.2, 0.25) is 0 Å². The van der Waals surface area contributed by atoms with Crippen molar-refractivity contribution in [1.29, 1.82) is 0 Å². The molecule has 3 saturated carbocycles. The summed E-state index contributed by atoms with van der Waals surface area (Å²) in [7, 11) is 0. The van der Waals surface area contributed by atoms with Gasteiger partial charge in [0.15, 0.2) is 0 Å². The van der Waals surface area contributed by atoms with Crippen LogP contribution in [-0.4, -0.2) is 5.54 Å². The molecule has 5 unspecified atom stereocenters. The van der Waals surface area contributed by atoms with Gasteiger partial charge in [0.2, 0.25) is 0 Å². The first-order valence-corrected chi connectivity index (χ1v) is 8.67. The number of rotatable bonds is 2. The summed E-state index contributed by atoms with van der Waals surface area (Å²) in [5.41, 5.74) is 7.53. The largest absolute Gasteiger partial charge is 0.325 e. The lowest BCUT2D eigenvalue weighted by molar-refractivity contribution is 0.0528. The predicted molar refractivity (Wildman–Crippen MR) is 81.9 cm³/mol. The van der Waals surface area contributed by atoms with Crippen LogP contribution < -0.4 is 5.73 Å². The molecule has 5 atom stereocenters. The van der Waals surface area contributed by atoms with Crippen molar-refractivity contribution < 1.29 is 0 Å². The molecule has 3 aliphatic rings. The minimum absolute atomic E-state index is 0.144. The third kappa shape index (κ3) is 2.60. The van der Waals surface area contributed by atoms with Gasteiger partial charge in [-0.15, -0.1) is 0 Å². The van der Waals surface area contributed by atoms with E-state index in [9.17, 15) is 0 Å². The topological polar surface area (TPSA) is 26.0 Å². The molecule has 0 aromatic heterocycles. The van der Waals surface area contributed by atoms with E-state index in [1.165, 1.54) is 57.8 Å². The van der Waals surface area contributed by atoms with Gasteiger partial charge in [-0.1, -0.05) is 40.0 Å². The van der Waals surface area contributed by atoms with Crippen molar-refractivity contribution in [1.82, 2.24) is 0 Å². The zero-order valence-corrected chi connectivity index (χ0v) is 13.3. The first kappa shape index (κ1) is 13.9. The molecule has 0 aromatic rings. The molecule has 2 bridgehead atoms. The molecule has 2 N–H and O–H groups in total. The van der Waals surface area contributed by atoms with Crippen LogP contribution in [0.15, 0.2) is 0 Å². The van der Waals surface area contributed by atoms with Gasteiger partial charge < -0.3 is 5.73 Å². The number of fused-ring (bicyclic) bond motifs is 2. The Kier molecular flexibility index (Phi) is 3.48. The molecule has 110 valence electrons. The number of hydrogen-bond donors (Lipinski definition) is 1. The molecule has 3 fully saturated rings. The van der Waals surface area contributed by atoms with Crippen LogP contribution in [0.3, 0.4) is 0 Å². The summed E-state index contributed by atoms with van der Waals surface area (Å²) in [5.74, 6) is 3.79. The summed E-state index contributed by atoms with van der Waals surface area (Å²) in [6.07, 6.45) is 12.8. The molecular formula is C18H33N. The zero-order valence-electron chi connectivity index (χ0n) is 13.3. The average Bonchev–Trinajstić information content (AvgIpc) is 2.89. The lowest BCUT2D eigenvalue weighted by atomic mass is 9.59. The van der Waals surface area contributed by atoms with E-state index < -0.39 is 0 Å². The lowest BCUT2D eigenvalue weighted by Gasteiger charge is -2.50. The van der Waals surface area contributed by atoms with E-state index in [1.54, 1.807) is 0 Å². The van der Waals surface area contributed by atoms with Gasteiger partial charge in [0.05, 0.1) is 0 Å². The van der Waals surface area contributed by atoms with Crippen molar-refractivity contribution in [3.63, 3.8) is 0 Å². The maximum Gasteiger partial charge on any atom is 0.0190 e. The standard InChI is InChI=1S/C18H33N/c1-17(2,3)16-6-4-5-9-18(16,19)12-15-11-13-7-8-14(15)10-13/h13-16H,4-12,19H2,1-3H3. The molecular weight excluding hydrogens is 230 g/mol. The van der Waals surface area contributed by atoms with Gasteiger partial charge in [0.1, 0.15) is 0 Å². The third-order valence-corrected chi connectivity index (χ3v) is 6.65. The molecule has 0 aliphatic heterocycles. The van der Waals surface area contributed by atoms with Crippen molar-refractivity contribution in [2.24, 2.45) is 34.8 Å². The van der Waals surface area contributed by atoms with Crippen LogP contribution in [-0.2, 0) is 0 Å². The van der Waals surface area contributed by atoms with Crippen LogP contribution in [0.1, 0.15) is 78.6 Å². The summed E-state index contributed by atoms with van der Waals surface area (Å²) >= 11 is 0. The van der Waals surface area contributed by atoms with E-state index in [-0.39, 0.29) is 5.54 Å². The van der Waals surface area contributed by atoms with Crippen LogP contribution in [0.25, 0.3) is 0 Å². The van der Waals surface area contributed by atoms with Gasteiger partial charge >= 0.3 is 0 Å². The Morgan fingerprint density at radius 1 is 1.05 bits per heavy atom. The Balaban J connectivity index is 1.72. The molecule has 3 rings (SSSR count). The van der Waals surface area contributed by atoms with Crippen LogP contribution in [0.4, 0.5) is 0 Å². The lowest BCUT2D eigenvalue weighted by Crippen LogP contribution is -2.55. The van der Waals surface area contributed by atoms with E-state index in [2.05, 4.69) is 20.8 Å². The van der Waals surface area contributed by atoms with Crippen molar-refractivity contribution in [2.45, 2.75) is 84.1 Å². The molecule has 1 heteroatoms. The SMILES string of the molecule is CC(C)(C)C1CCCCC1(N)CC1CC2CCC1C2. The third-order valence-electron chi connectivity index (χ3n) is 6.65. The monoisotopic (exact) mass is 263 g/mol. The minimum atomic E-state index is 0.144. The summed E-state index contributed by atoms with van der Waals surface area (Å²) < 4.78 is 0. The van der Waals surface area contributed by atoms with E-state index in [0.717, 1.165) is 23.7 Å². The quantitative estimate of drug-likeness (QED) is 0.764. The predicted octanol–water partition coefficient (Wildman–Crippen LogP) is 4.75. The van der Waals surface area contributed by atoms with Crippen LogP contribution >= 0.6 is 0 Å². The second kappa shape index (κ2) is 4.76. The Morgan fingerprint density at radius 3 is 2.42 bits per heavy atom. The van der Waals surface area contributed by atoms with Crippen molar-refractivity contribution in [3.05, 3.63) is 0 Å². The zero-order chi connectivity index (χ0) is 13.7. The molecule has 3 aliphatic carbocycles. The first-order valence-electron chi connectivity index (χ1n) is 8.67. The summed E-state index contributed by atoms with van der Waals surface area (Å²) in [6, 6.07) is 0. The van der Waals surface area contributed by atoms with Crippen LogP contribution in [0.5, 0.6) is 0 Å². The summed E-state index contributed by atoms with van der Waals surface area (Å²) in [4.78, 5) is 0. The molecule has 0 spiro atoms. The normalized spacial score (nSPS) is 46.7. The number of hydrogen-bond acceptors (Lipinski definition) is 1. The fourth-order valence-electron chi connectivity index (χ4n) is 5.92. The van der Waals surface area contributed by atoms with E-state index in [4.69, 9.17) is 5.73 Å². The average molecular weight is 263 g/mol. The minimum Gasteiger partial charge on any atom is -0.325 e. The first-order chi connectivity index (χ1) is 8.88. The highest BCUT2D eigenvalue weighted by molar-refractivity contribution is 5.03. The second-order valence-electron chi connectivity index (χ2n) is 9.04. The Hall–Kier alpha value is -0.0400. The van der Waals surface area contributed by atoms with E-state index >= 15 is 0 Å². The van der Waals surface area contributed by atoms with Gasteiger partial charge in [-0.05, 0) is 67.6 Å². The van der Waals surface area contributed by atoms with E-state index in [1.807, 2.05) is 0 Å². The number of nitrogens with two attached hydrogens (primary N) is 1. The Morgan fingerprint density at radius 2 is 1.84 bits per heavy atom. The van der Waals surface area contributed by atoms with Crippen molar-refractivity contribution in [2.75, 3.05) is 0 Å². The second-order valence-corrected chi connectivity index (χ2v) is 9.04. The molecule has 0 amide bonds. The van der Waals surface area contributed by atoms with Gasteiger partial charge in [0.25, 0.3) is 0 Å². The van der Waals surface area contributed by atoms with E-state index in [0.29, 0.717) is 5.41 Å². The highest BCUT2D eigenvalue weighted by atomic mass is 14.8. The Labute approximate surface area is 119 Å². The van der Waals surface area contributed by atoms with Crippen LogP contribution in [0, 0.1) is 29.1 Å². The Bertz CT molecular complexity index is 329. The van der Waals surface area contributed by atoms with Gasteiger partial charge in [-0.2, -0.15) is 0 Å².